The van der Waals surface area contributed by atoms with E-state index in [0.717, 1.165) is 32.1 Å². The second kappa shape index (κ2) is 7.25. The van der Waals surface area contributed by atoms with E-state index < -0.39 is 0 Å². The van der Waals surface area contributed by atoms with Crippen molar-refractivity contribution in [2.45, 2.75) is 71.5 Å². The summed E-state index contributed by atoms with van der Waals surface area (Å²) in [4.78, 5) is 14.5. The van der Waals surface area contributed by atoms with Gasteiger partial charge in [-0.3, -0.25) is 9.69 Å². The first-order chi connectivity index (χ1) is 8.89. The quantitative estimate of drug-likeness (QED) is 0.670. The van der Waals surface area contributed by atoms with Crippen LogP contribution in [0.2, 0.25) is 0 Å². The Bertz CT molecular complexity index is 287. The van der Waals surface area contributed by atoms with Gasteiger partial charge in [0.25, 0.3) is 0 Å². The van der Waals surface area contributed by atoms with Crippen molar-refractivity contribution in [3.63, 3.8) is 0 Å². The molecule has 1 rings (SSSR count). The van der Waals surface area contributed by atoms with Crippen LogP contribution < -0.4 is 10.6 Å². The summed E-state index contributed by atoms with van der Waals surface area (Å²) in [7, 11) is 0. The molecule has 0 aromatic carbocycles. The number of rotatable bonds is 9. The van der Waals surface area contributed by atoms with E-state index in [1.54, 1.807) is 0 Å². The molecule has 4 heteroatoms. The fourth-order valence-electron chi connectivity index (χ4n) is 2.09. The first kappa shape index (κ1) is 16.4. The van der Waals surface area contributed by atoms with Gasteiger partial charge in [-0.15, -0.1) is 0 Å². The van der Waals surface area contributed by atoms with Crippen LogP contribution in [0.15, 0.2) is 0 Å². The average molecular weight is 269 g/mol. The molecule has 1 aliphatic rings. The largest absolute Gasteiger partial charge is 0.350 e. The molecule has 0 heterocycles. The maximum Gasteiger partial charge on any atom is 0.237 e. The normalized spacial score (nSPS) is 17.6. The zero-order chi connectivity index (χ0) is 14.5. The summed E-state index contributed by atoms with van der Waals surface area (Å²) in [5.74, 6) is 0.0984. The van der Waals surface area contributed by atoms with E-state index in [1.807, 2.05) is 6.92 Å². The highest BCUT2D eigenvalue weighted by Gasteiger charge is 2.27. The summed E-state index contributed by atoms with van der Waals surface area (Å²) < 4.78 is 0. The molecular weight excluding hydrogens is 238 g/mol. The van der Waals surface area contributed by atoms with Crippen LogP contribution in [0, 0.1) is 0 Å². The molecule has 1 fully saturated rings. The molecule has 1 unspecified atom stereocenters. The number of hydrogen-bond acceptors (Lipinski definition) is 3. The van der Waals surface area contributed by atoms with Crippen molar-refractivity contribution in [1.29, 1.82) is 0 Å². The summed E-state index contributed by atoms with van der Waals surface area (Å²) >= 11 is 0. The van der Waals surface area contributed by atoms with Gasteiger partial charge in [0, 0.05) is 24.7 Å². The Morgan fingerprint density at radius 2 is 2.00 bits per heavy atom. The first-order valence-corrected chi connectivity index (χ1v) is 7.69. The summed E-state index contributed by atoms with van der Waals surface area (Å²) in [6.07, 6.45) is 3.62. The van der Waals surface area contributed by atoms with Crippen molar-refractivity contribution in [3.8, 4) is 0 Å². The van der Waals surface area contributed by atoms with Crippen LogP contribution >= 0.6 is 0 Å². The average Bonchev–Trinajstić information content (AvgIpc) is 3.18. The Hall–Kier alpha value is -0.610. The molecular formula is C15H31N3O. The lowest BCUT2D eigenvalue weighted by atomic mass is 10.0. The van der Waals surface area contributed by atoms with Gasteiger partial charge in [-0.25, -0.2) is 0 Å². The number of carbonyl (C=O) groups is 1. The van der Waals surface area contributed by atoms with Crippen molar-refractivity contribution in [2.24, 2.45) is 0 Å². The van der Waals surface area contributed by atoms with E-state index in [1.165, 1.54) is 12.8 Å². The molecule has 112 valence electrons. The maximum absolute atomic E-state index is 12.0. The number of nitrogens with zero attached hydrogens (tertiary/aromatic N) is 1. The van der Waals surface area contributed by atoms with Crippen molar-refractivity contribution >= 4 is 5.91 Å². The molecule has 0 aliphatic heterocycles. The lowest BCUT2D eigenvalue weighted by molar-refractivity contribution is -0.124. The van der Waals surface area contributed by atoms with Crippen LogP contribution in [0.25, 0.3) is 0 Å². The van der Waals surface area contributed by atoms with Gasteiger partial charge in [0.05, 0.1) is 6.04 Å². The molecule has 0 bridgehead atoms. The summed E-state index contributed by atoms with van der Waals surface area (Å²) in [5, 5.41) is 6.40. The number of likely N-dealkylation sites (N-methyl/N-ethyl adjacent to an activating group) is 1. The Morgan fingerprint density at radius 3 is 2.47 bits per heavy atom. The van der Waals surface area contributed by atoms with Crippen LogP contribution in [0.1, 0.15) is 53.9 Å². The summed E-state index contributed by atoms with van der Waals surface area (Å²) in [6, 6.07) is 0.679. The lowest BCUT2D eigenvalue weighted by Crippen LogP contribution is -2.51. The second-order valence-electron chi connectivity index (χ2n) is 6.26. The molecule has 2 N–H and O–H groups in total. The van der Waals surface area contributed by atoms with Crippen molar-refractivity contribution < 1.29 is 4.79 Å². The van der Waals surface area contributed by atoms with Crippen LogP contribution in [-0.2, 0) is 4.79 Å². The molecule has 1 aliphatic carbocycles. The van der Waals surface area contributed by atoms with E-state index in [4.69, 9.17) is 0 Å². The van der Waals surface area contributed by atoms with Crippen LogP contribution in [-0.4, -0.2) is 48.1 Å². The molecule has 1 amide bonds. The van der Waals surface area contributed by atoms with E-state index >= 15 is 0 Å². The fraction of sp³-hybridized carbons (Fsp3) is 0.933. The topological polar surface area (TPSA) is 44.4 Å². The standard InChI is InChI=1S/C15H31N3O/c1-6-15(4,5)17-14(19)12(3)16-10-11-18(7-2)13-8-9-13/h12-13,16H,6-11H2,1-5H3,(H,17,19). The van der Waals surface area contributed by atoms with Crippen LogP contribution in [0.5, 0.6) is 0 Å². The molecule has 0 aromatic heterocycles. The molecule has 0 radical (unpaired) electrons. The SMILES string of the molecule is CCN(CCNC(C)C(=O)NC(C)(C)CC)C1CC1. The highest BCUT2D eigenvalue weighted by Crippen LogP contribution is 2.25. The van der Waals surface area contributed by atoms with Gasteiger partial charge in [-0.2, -0.15) is 0 Å². The lowest BCUT2D eigenvalue weighted by Gasteiger charge is -2.27. The van der Waals surface area contributed by atoms with Gasteiger partial charge in [0.2, 0.25) is 5.91 Å². The minimum Gasteiger partial charge on any atom is -0.350 e. The zero-order valence-electron chi connectivity index (χ0n) is 13.3. The third kappa shape index (κ3) is 5.91. The smallest absolute Gasteiger partial charge is 0.237 e. The van der Waals surface area contributed by atoms with Crippen molar-refractivity contribution in [2.75, 3.05) is 19.6 Å². The maximum atomic E-state index is 12.0. The van der Waals surface area contributed by atoms with Gasteiger partial charge < -0.3 is 10.6 Å². The third-order valence-electron chi connectivity index (χ3n) is 4.06. The molecule has 4 nitrogen and oxygen atoms in total. The Labute approximate surface area is 118 Å². The fourth-order valence-corrected chi connectivity index (χ4v) is 2.09. The van der Waals surface area contributed by atoms with Crippen LogP contribution in [0.4, 0.5) is 0 Å². The van der Waals surface area contributed by atoms with E-state index in [9.17, 15) is 4.79 Å². The Kier molecular flexibility index (Phi) is 6.27. The minimum atomic E-state index is -0.122. The van der Waals surface area contributed by atoms with Gasteiger partial charge in [-0.1, -0.05) is 13.8 Å². The minimum absolute atomic E-state index is 0.0984. The molecule has 0 saturated heterocycles. The molecule has 19 heavy (non-hydrogen) atoms. The first-order valence-electron chi connectivity index (χ1n) is 7.69. The number of nitrogens with one attached hydrogen (secondary N) is 2. The van der Waals surface area contributed by atoms with Gasteiger partial charge in [0.1, 0.15) is 0 Å². The molecule has 0 spiro atoms. The van der Waals surface area contributed by atoms with Crippen molar-refractivity contribution in [3.05, 3.63) is 0 Å². The van der Waals surface area contributed by atoms with E-state index in [2.05, 4.69) is 43.2 Å². The molecule has 1 saturated carbocycles. The highest BCUT2D eigenvalue weighted by atomic mass is 16.2. The van der Waals surface area contributed by atoms with E-state index in [0.29, 0.717) is 0 Å². The Balaban J connectivity index is 2.22. The predicted octanol–water partition coefficient (Wildman–Crippen LogP) is 1.75. The highest BCUT2D eigenvalue weighted by molar-refractivity contribution is 5.81. The number of hydrogen-bond donors (Lipinski definition) is 2. The van der Waals surface area contributed by atoms with Gasteiger partial charge in [0.15, 0.2) is 0 Å². The second-order valence-corrected chi connectivity index (χ2v) is 6.26. The van der Waals surface area contributed by atoms with Gasteiger partial charge in [-0.05, 0) is 46.6 Å². The summed E-state index contributed by atoms with van der Waals surface area (Å²) in [6.45, 7) is 13.4. The summed E-state index contributed by atoms with van der Waals surface area (Å²) in [5.41, 5.74) is -0.115. The number of carbonyl (C=O) groups excluding carboxylic acids is 1. The third-order valence-corrected chi connectivity index (χ3v) is 4.06. The van der Waals surface area contributed by atoms with E-state index in [-0.39, 0.29) is 17.5 Å². The van der Waals surface area contributed by atoms with Crippen molar-refractivity contribution in [1.82, 2.24) is 15.5 Å². The molecule has 0 aromatic rings. The molecule has 1 atom stereocenters. The van der Waals surface area contributed by atoms with Gasteiger partial charge >= 0.3 is 0 Å². The van der Waals surface area contributed by atoms with Crippen LogP contribution in [0.3, 0.4) is 0 Å². The predicted molar refractivity (Wildman–Crippen MR) is 80.2 cm³/mol. The zero-order valence-corrected chi connectivity index (χ0v) is 13.3. The number of amides is 1. The monoisotopic (exact) mass is 269 g/mol. The Morgan fingerprint density at radius 1 is 1.37 bits per heavy atom.